The molecule has 148 valence electrons. The number of carbonyl (C=O) groups excluding carboxylic acids is 1. The van der Waals surface area contributed by atoms with Gasteiger partial charge < -0.3 is 5.32 Å². The summed E-state index contributed by atoms with van der Waals surface area (Å²) in [5.41, 5.74) is 7.24. The molecule has 0 unspecified atom stereocenters. The average Bonchev–Trinajstić information content (AvgIpc) is 3.02. The zero-order valence-corrected chi connectivity index (χ0v) is 17.6. The number of carbonyl (C=O) groups is 1. The van der Waals surface area contributed by atoms with Gasteiger partial charge >= 0.3 is 0 Å². The normalized spacial score (nSPS) is 11.3. The van der Waals surface area contributed by atoms with Gasteiger partial charge in [0.2, 0.25) is 5.91 Å². The maximum absolute atomic E-state index is 12.4. The first kappa shape index (κ1) is 19.3. The molecule has 3 aromatic heterocycles. The summed E-state index contributed by atoms with van der Waals surface area (Å²) in [5, 5.41) is 9.19. The van der Waals surface area contributed by atoms with Crippen LogP contribution in [0, 0.1) is 27.7 Å². The fourth-order valence-corrected chi connectivity index (χ4v) is 3.85. The van der Waals surface area contributed by atoms with E-state index in [1.54, 1.807) is 24.3 Å². The van der Waals surface area contributed by atoms with Crippen LogP contribution in [0.5, 0.6) is 0 Å². The summed E-state index contributed by atoms with van der Waals surface area (Å²) in [5.74, 6) is -0.0509. The highest BCUT2D eigenvalue weighted by Crippen LogP contribution is 2.25. The largest absolute Gasteiger partial charge is 0.326 e. The van der Waals surface area contributed by atoms with Crippen LogP contribution in [0.15, 0.2) is 30.3 Å². The van der Waals surface area contributed by atoms with Crippen molar-refractivity contribution in [2.24, 2.45) is 0 Å². The fourth-order valence-electron chi connectivity index (χ4n) is 3.72. The summed E-state index contributed by atoms with van der Waals surface area (Å²) in [7, 11) is 0. The summed E-state index contributed by atoms with van der Waals surface area (Å²) in [6.07, 6.45) is 0.941. The SMILES string of the molecule is Cc1cc(C)c2c(n1)nn1c(C)c(CCC(=O)Nc3ccc(Cl)cc3)c(C)nc21. The first-order valence-corrected chi connectivity index (χ1v) is 9.89. The number of fused-ring (bicyclic) bond motifs is 3. The van der Waals surface area contributed by atoms with Gasteiger partial charge in [-0.05, 0) is 75.6 Å². The van der Waals surface area contributed by atoms with Crippen molar-refractivity contribution in [3.05, 3.63) is 63.6 Å². The molecule has 0 saturated carbocycles. The summed E-state index contributed by atoms with van der Waals surface area (Å²) in [4.78, 5) is 21.7. The van der Waals surface area contributed by atoms with E-state index in [2.05, 4.69) is 22.3 Å². The standard InChI is InChI=1S/C22H22ClN5O/c1-12-11-13(2)24-21-20(12)22-25-14(3)18(15(4)28(22)27-21)9-10-19(29)26-17-7-5-16(23)6-8-17/h5-8,11H,9-10H2,1-4H3,(H,26,29). The molecule has 0 spiro atoms. The van der Waals surface area contributed by atoms with Gasteiger partial charge in [0.25, 0.3) is 0 Å². The third-order valence-electron chi connectivity index (χ3n) is 5.14. The van der Waals surface area contributed by atoms with Crippen LogP contribution < -0.4 is 5.32 Å². The predicted molar refractivity (Wildman–Crippen MR) is 116 cm³/mol. The van der Waals surface area contributed by atoms with Gasteiger partial charge in [0, 0.05) is 34.2 Å². The molecule has 29 heavy (non-hydrogen) atoms. The molecule has 0 aliphatic carbocycles. The number of amides is 1. The van der Waals surface area contributed by atoms with E-state index in [0.29, 0.717) is 23.5 Å². The second-order valence-electron chi connectivity index (χ2n) is 7.33. The van der Waals surface area contributed by atoms with Crippen LogP contribution >= 0.6 is 11.6 Å². The van der Waals surface area contributed by atoms with E-state index in [0.717, 1.165) is 44.9 Å². The third kappa shape index (κ3) is 3.68. The molecule has 0 saturated heterocycles. The number of pyridine rings is 1. The van der Waals surface area contributed by atoms with Gasteiger partial charge in [-0.15, -0.1) is 5.10 Å². The van der Waals surface area contributed by atoms with Crippen LogP contribution in [0.3, 0.4) is 0 Å². The molecule has 4 rings (SSSR count). The second kappa shape index (κ2) is 7.44. The van der Waals surface area contributed by atoms with Crippen molar-refractivity contribution in [1.82, 2.24) is 19.6 Å². The smallest absolute Gasteiger partial charge is 0.224 e. The van der Waals surface area contributed by atoms with E-state index in [1.807, 2.05) is 31.4 Å². The number of hydrogen-bond acceptors (Lipinski definition) is 4. The average molecular weight is 408 g/mol. The Balaban J connectivity index is 1.62. The monoisotopic (exact) mass is 407 g/mol. The molecule has 0 fully saturated rings. The van der Waals surface area contributed by atoms with Crippen LogP contribution in [0.25, 0.3) is 16.7 Å². The van der Waals surface area contributed by atoms with Gasteiger partial charge in [0.15, 0.2) is 11.3 Å². The number of nitrogens with zero attached hydrogens (tertiary/aromatic N) is 4. The number of nitrogens with one attached hydrogen (secondary N) is 1. The number of aryl methyl sites for hydroxylation is 4. The molecule has 7 heteroatoms. The molecular weight excluding hydrogens is 386 g/mol. The van der Waals surface area contributed by atoms with Crippen molar-refractivity contribution in [3.8, 4) is 0 Å². The van der Waals surface area contributed by atoms with Crippen LogP contribution in [-0.4, -0.2) is 25.5 Å². The zero-order chi connectivity index (χ0) is 20.7. The van der Waals surface area contributed by atoms with Gasteiger partial charge in [-0.1, -0.05) is 11.6 Å². The fraction of sp³-hybridized carbons (Fsp3) is 0.273. The van der Waals surface area contributed by atoms with Gasteiger partial charge in [-0.25, -0.2) is 14.5 Å². The number of anilines is 1. The number of aromatic nitrogens is 4. The van der Waals surface area contributed by atoms with Crippen molar-refractivity contribution in [2.45, 2.75) is 40.5 Å². The lowest BCUT2D eigenvalue weighted by Gasteiger charge is -2.11. The summed E-state index contributed by atoms with van der Waals surface area (Å²) < 4.78 is 1.85. The van der Waals surface area contributed by atoms with E-state index in [1.165, 1.54) is 0 Å². The summed E-state index contributed by atoms with van der Waals surface area (Å²) in [6.45, 7) is 8.02. The zero-order valence-electron chi connectivity index (χ0n) is 16.9. The molecule has 1 amide bonds. The molecule has 6 nitrogen and oxygen atoms in total. The molecule has 3 heterocycles. The molecule has 0 aliphatic heterocycles. The Hall–Kier alpha value is -2.99. The topological polar surface area (TPSA) is 72.2 Å². The van der Waals surface area contributed by atoms with Gasteiger partial charge in [0.1, 0.15) is 0 Å². The number of benzene rings is 1. The number of rotatable bonds is 4. The van der Waals surface area contributed by atoms with Crippen LogP contribution in [0.4, 0.5) is 5.69 Å². The highest BCUT2D eigenvalue weighted by atomic mass is 35.5. The molecule has 0 bridgehead atoms. The Labute approximate surface area is 173 Å². The molecule has 4 aromatic rings. The highest BCUT2D eigenvalue weighted by molar-refractivity contribution is 6.30. The Morgan fingerprint density at radius 2 is 1.83 bits per heavy atom. The maximum Gasteiger partial charge on any atom is 0.224 e. The predicted octanol–water partition coefficient (Wildman–Crippen LogP) is 4.74. The van der Waals surface area contributed by atoms with Crippen molar-refractivity contribution in [3.63, 3.8) is 0 Å². The van der Waals surface area contributed by atoms with E-state index >= 15 is 0 Å². The third-order valence-corrected chi connectivity index (χ3v) is 5.39. The summed E-state index contributed by atoms with van der Waals surface area (Å²) >= 11 is 5.89. The minimum absolute atomic E-state index is 0.0509. The van der Waals surface area contributed by atoms with Crippen LogP contribution in [0.2, 0.25) is 5.02 Å². The number of halogens is 1. The summed E-state index contributed by atoms with van der Waals surface area (Å²) in [6, 6.07) is 9.13. The lowest BCUT2D eigenvalue weighted by Crippen LogP contribution is -2.14. The molecule has 1 aromatic carbocycles. The van der Waals surface area contributed by atoms with Crippen molar-refractivity contribution < 1.29 is 4.79 Å². The molecular formula is C22H22ClN5O. The minimum Gasteiger partial charge on any atom is -0.326 e. The number of hydrogen-bond donors (Lipinski definition) is 1. The quantitative estimate of drug-likeness (QED) is 0.530. The van der Waals surface area contributed by atoms with E-state index < -0.39 is 0 Å². The van der Waals surface area contributed by atoms with Crippen molar-refractivity contribution >= 4 is 39.9 Å². The molecule has 0 radical (unpaired) electrons. The van der Waals surface area contributed by atoms with Gasteiger partial charge in [-0.3, -0.25) is 4.79 Å². The molecule has 1 N–H and O–H groups in total. The second-order valence-corrected chi connectivity index (χ2v) is 7.77. The van der Waals surface area contributed by atoms with Crippen LogP contribution in [-0.2, 0) is 11.2 Å². The highest BCUT2D eigenvalue weighted by Gasteiger charge is 2.17. The Kier molecular flexibility index (Phi) is 4.96. The molecule has 0 aliphatic rings. The first-order chi connectivity index (χ1) is 13.8. The molecule has 0 atom stereocenters. The van der Waals surface area contributed by atoms with Gasteiger partial charge in [0.05, 0.1) is 5.39 Å². The van der Waals surface area contributed by atoms with Gasteiger partial charge in [-0.2, -0.15) is 0 Å². The Morgan fingerprint density at radius 1 is 1.10 bits per heavy atom. The Morgan fingerprint density at radius 3 is 2.55 bits per heavy atom. The lowest BCUT2D eigenvalue weighted by molar-refractivity contribution is -0.116. The van der Waals surface area contributed by atoms with Crippen LogP contribution in [0.1, 0.15) is 34.6 Å². The van der Waals surface area contributed by atoms with E-state index in [4.69, 9.17) is 16.6 Å². The van der Waals surface area contributed by atoms with Crippen molar-refractivity contribution in [2.75, 3.05) is 5.32 Å². The maximum atomic E-state index is 12.4. The van der Waals surface area contributed by atoms with Crippen molar-refractivity contribution in [1.29, 1.82) is 0 Å². The van der Waals surface area contributed by atoms with E-state index in [9.17, 15) is 4.79 Å². The first-order valence-electron chi connectivity index (χ1n) is 9.51. The Bertz CT molecular complexity index is 1240. The van der Waals surface area contributed by atoms with E-state index in [-0.39, 0.29) is 5.91 Å². The lowest BCUT2D eigenvalue weighted by atomic mass is 10.1. The minimum atomic E-state index is -0.0509.